The molecule has 2 aromatic carbocycles. The second kappa shape index (κ2) is 5.79. The highest BCUT2D eigenvalue weighted by Crippen LogP contribution is 2.41. The van der Waals surface area contributed by atoms with Crippen molar-refractivity contribution in [3.8, 4) is 11.1 Å². The lowest BCUT2D eigenvalue weighted by Gasteiger charge is -2.12. The first kappa shape index (κ1) is 14.1. The molecule has 2 rings (SSSR count). The van der Waals surface area contributed by atoms with Gasteiger partial charge in [0.2, 0.25) is 0 Å². The number of alkyl halides is 1. The second-order valence-corrected chi connectivity index (χ2v) is 5.41. The van der Waals surface area contributed by atoms with Crippen LogP contribution >= 0.6 is 50.7 Å². The van der Waals surface area contributed by atoms with Gasteiger partial charge in [0.05, 0.1) is 15.1 Å². The third kappa shape index (κ3) is 2.67. The largest absolute Gasteiger partial charge is 0.207 e. The van der Waals surface area contributed by atoms with Crippen LogP contribution in [0.1, 0.15) is 5.56 Å². The zero-order chi connectivity index (χ0) is 13.3. The van der Waals surface area contributed by atoms with Crippen molar-refractivity contribution in [3.63, 3.8) is 0 Å². The number of benzene rings is 2. The van der Waals surface area contributed by atoms with Gasteiger partial charge in [0.15, 0.2) is 0 Å². The van der Waals surface area contributed by atoms with Crippen LogP contribution in [-0.2, 0) is 5.33 Å². The van der Waals surface area contributed by atoms with E-state index in [9.17, 15) is 4.39 Å². The summed E-state index contributed by atoms with van der Waals surface area (Å²) < 4.78 is 13.4. The van der Waals surface area contributed by atoms with Gasteiger partial charge in [0.25, 0.3) is 0 Å². The van der Waals surface area contributed by atoms with Crippen molar-refractivity contribution in [3.05, 3.63) is 56.8 Å². The van der Waals surface area contributed by atoms with Gasteiger partial charge in [-0.25, -0.2) is 4.39 Å². The molecule has 0 fully saturated rings. The van der Waals surface area contributed by atoms with Crippen LogP contribution in [0, 0.1) is 5.82 Å². The number of hydrogen-bond acceptors (Lipinski definition) is 0. The van der Waals surface area contributed by atoms with E-state index >= 15 is 0 Å². The van der Waals surface area contributed by atoms with Crippen molar-refractivity contribution in [1.29, 1.82) is 0 Å². The summed E-state index contributed by atoms with van der Waals surface area (Å²) in [6.07, 6.45) is 0. The van der Waals surface area contributed by atoms with Crippen molar-refractivity contribution in [2.75, 3.05) is 0 Å². The molecule has 0 bridgehead atoms. The van der Waals surface area contributed by atoms with E-state index in [1.54, 1.807) is 18.2 Å². The average molecular weight is 368 g/mol. The molecule has 94 valence electrons. The van der Waals surface area contributed by atoms with Crippen LogP contribution in [0.4, 0.5) is 4.39 Å². The Balaban J connectivity index is 2.76. The molecule has 0 unspecified atom stereocenters. The van der Waals surface area contributed by atoms with Crippen LogP contribution in [0.15, 0.2) is 30.3 Å². The zero-order valence-corrected chi connectivity index (χ0v) is 12.8. The summed E-state index contributed by atoms with van der Waals surface area (Å²) in [4.78, 5) is 0. The monoisotopic (exact) mass is 366 g/mol. The second-order valence-electron chi connectivity index (χ2n) is 3.65. The highest BCUT2D eigenvalue weighted by Gasteiger charge is 2.15. The molecule has 2 aromatic rings. The summed E-state index contributed by atoms with van der Waals surface area (Å²) >= 11 is 21.6. The first-order valence-corrected chi connectivity index (χ1v) is 7.28. The topological polar surface area (TPSA) is 0 Å². The van der Waals surface area contributed by atoms with Gasteiger partial charge in [0.1, 0.15) is 5.82 Å². The lowest BCUT2D eigenvalue weighted by molar-refractivity contribution is 0.628. The smallest absolute Gasteiger partial charge is 0.123 e. The van der Waals surface area contributed by atoms with Gasteiger partial charge in [-0.05, 0) is 35.4 Å². The summed E-state index contributed by atoms with van der Waals surface area (Å²) in [6.45, 7) is 0. The molecule has 0 aliphatic carbocycles. The van der Waals surface area contributed by atoms with Crippen LogP contribution < -0.4 is 0 Å². The molecule has 0 saturated heterocycles. The molecule has 0 aliphatic rings. The van der Waals surface area contributed by atoms with Gasteiger partial charge in [-0.1, -0.05) is 56.8 Å². The molecule has 0 atom stereocenters. The van der Waals surface area contributed by atoms with Gasteiger partial charge in [-0.3, -0.25) is 0 Å². The summed E-state index contributed by atoms with van der Waals surface area (Å²) in [5.74, 6) is -0.346. The Morgan fingerprint density at radius 2 is 1.67 bits per heavy atom. The maximum absolute atomic E-state index is 13.4. The molecule has 0 N–H and O–H groups in total. The van der Waals surface area contributed by atoms with Crippen LogP contribution in [0.3, 0.4) is 0 Å². The standard InChI is InChI=1S/C13H7BrCl3F/c14-6-7-1-2-8(18)5-9(7)12-10(15)3-4-11(16)13(12)17/h1-5H,6H2. The number of hydrogen-bond donors (Lipinski definition) is 0. The van der Waals surface area contributed by atoms with Gasteiger partial charge >= 0.3 is 0 Å². The van der Waals surface area contributed by atoms with E-state index in [1.807, 2.05) is 0 Å². The minimum atomic E-state index is -0.346. The Labute approximate surface area is 128 Å². The molecule has 0 nitrogen and oxygen atoms in total. The van der Waals surface area contributed by atoms with Crippen LogP contribution in [-0.4, -0.2) is 0 Å². The van der Waals surface area contributed by atoms with Crippen molar-refractivity contribution in [2.24, 2.45) is 0 Å². The highest BCUT2D eigenvalue weighted by atomic mass is 79.9. The summed E-state index contributed by atoms with van der Waals surface area (Å²) in [5, 5.41) is 1.73. The van der Waals surface area contributed by atoms with Gasteiger partial charge in [-0.2, -0.15) is 0 Å². The van der Waals surface area contributed by atoms with Crippen LogP contribution in [0.5, 0.6) is 0 Å². The van der Waals surface area contributed by atoms with Gasteiger partial charge < -0.3 is 0 Å². The van der Waals surface area contributed by atoms with Crippen LogP contribution in [0.2, 0.25) is 15.1 Å². The first-order valence-electron chi connectivity index (χ1n) is 5.03. The summed E-state index contributed by atoms with van der Waals surface area (Å²) in [7, 11) is 0. The third-order valence-electron chi connectivity index (χ3n) is 2.53. The van der Waals surface area contributed by atoms with Crippen molar-refractivity contribution >= 4 is 50.7 Å². The molecule has 0 aliphatic heterocycles. The molecular formula is C13H7BrCl3F. The average Bonchev–Trinajstić information content (AvgIpc) is 2.35. The fraction of sp³-hybridized carbons (Fsp3) is 0.0769. The minimum absolute atomic E-state index is 0.331. The van der Waals surface area contributed by atoms with Crippen molar-refractivity contribution < 1.29 is 4.39 Å². The zero-order valence-electron chi connectivity index (χ0n) is 8.98. The summed E-state index contributed by atoms with van der Waals surface area (Å²) in [6, 6.07) is 7.75. The Morgan fingerprint density at radius 3 is 2.33 bits per heavy atom. The van der Waals surface area contributed by atoms with E-state index in [0.29, 0.717) is 31.5 Å². The first-order chi connectivity index (χ1) is 8.54. The quantitative estimate of drug-likeness (QED) is 0.428. The van der Waals surface area contributed by atoms with E-state index in [-0.39, 0.29) is 5.82 Å². The fourth-order valence-corrected chi connectivity index (χ4v) is 2.89. The van der Waals surface area contributed by atoms with E-state index in [1.165, 1.54) is 12.1 Å². The highest BCUT2D eigenvalue weighted by molar-refractivity contribution is 9.08. The predicted molar refractivity (Wildman–Crippen MR) is 79.5 cm³/mol. The SMILES string of the molecule is Fc1ccc(CBr)c(-c2c(Cl)ccc(Cl)c2Cl)c1. The Kier molecular flexibility index (Phi) is 4.54. The van der Waals surface area contributed by atoms with E-state index in [4.69, 9.17) is 34.8 Å². The third-order valence-corrected chi connectivity index (χ3v) is 4.25. The van der Waals surface area contributed by atoms with Gasteiger partial charge in [0, 0.05) is 10.9 Å². The molecule has 0 spiro atoms. The minimum Gasteiger partial charge on any atom is -0.207 e. The lowest BCUT2D eigenvalue weighted by Crippen LogP contribution is -1.90. The van der Waals surface area contributed by atoms with E-state index in [0.717, 1.165) is 5.56 Å². The Bertz CT molecular complexity index is 599. The Hall–Kier alpha value is -0.280. The molecule has 0 aromatic heterocycles. The molecular weight excluding hydrogens is 361 g/mol. The molecule has 0 amide bonds. The molecule has 0 saturated carbocycles. The maximum Gasteiger partial charge on any atom is 0.123 e. The van der Waals surface area contributed by atoms with Crippen molar-refractivity contribution in [1.82, 2.24) is 0 Å². The fourth-order valence-electron chi connectivity index (χ4n) is 1.67. The molecule has 0 radical (unpaired) electrons. The lowest BCUT2D eigenvalue weighted by atomic mass is 10.0. The molecule has 0 heterocycles. The Morgan fingerprint density at radius 1 is 1.00 bits per heavy atom. The predicted octanol–water partition coefficient (Wildman–Crippen LogP) is 6.35. The maximum atomic E-state index is 13.4. The van der Waals surface area contributed by atoms with E-state index in [2.05, 4.69) is 15.9 Å². The van der Waals surface area contributed by atoms with Crippen molar-refractivity contribution in [2.45, 2.75) is 5.33 Å². The van der Waals surface area contributed by atoms with E-state index < -0.39 is 0 Å². The molecule has 18 heavy (non-hydrogen) atoms. The van der Waals surface area contributed by atoms with Gasteiger partial charge in [-0.15, -0.1) is 0 Å². The number of rotatable bonds is 2. The normalized spacial score (nSPS) is 10.7. The number of halogens is 5. The molecule has 5 heteroatoms. The van der Waals surface area contributed by atoms with Crippen LogP contribution in [0.25, 0.3) is 11.1 Å². The summed E-state index contributed by atoms with van der Waals surface area (Å²) in [5.41, 5.74) is 2.09.